The van der Waals surface area contributed by atoms with E-state index in [0.717, 1.165) is 23.4 Å². The van der Waals surface area contributed by atoms with E-state index in [1.165, 1.54) is 54.6 Å². The summed E-state index contributed by atoms with van der Waals surface area (Å²) in [6.07, 6.45) is 10.8. The Hall–Kier alpha value is -1.40. The summed E-state index contributed by atoms with van der Waals surface area (Å²) < 4.78 is 24.7. The van der Waals surface area contributed by atoms with Gasteiger partial charge in [0.05, 0.1) is 6.26 Å². The summed E-state index contributed by atoms with van der Waals surface area (Å²) >= 11 is 0. The van der Waals surface area contributed by atoms with Gasteiger partial charge in [0.1, 0.15) is 0 Å². The van der Waals surface area contributed by atoms with Gasteiger partial charge in [0, 0.05) is 24.7 Å². The Morgan fingerprint density at radius 1 is 0.966 bits per heavy atom. The van der Waals surface area contributed by atoms with Gasteiger partial charge in [-0.1, -0.05) is 12.1 Å². The fourth-order valence-electron chi connectivity index (χ4n) is 7.07. The SMILES string of the molecule is CS(=O)(=O)N1CCC(C(=O)Nc2ccc(C34CC5CC(CC(C5)C3)C4)cc2)CC1. The summed E-state index contributed by atoms with van der Waals surface area (Å²) in [7, 11) is -3.16. The number of anilines is 1. The van der Waals surface area contributed by atoms with Gasteiger partial charge in [0.2, 0.25) is 15.9 Å². The quantitative estimate of drug-likeness (QED) is 0.813. The third-order valence-corrected chi connectivity index (χ3v) is 9.40. The number of amides is 1. The van der Waals surface area contributed by atoms with Crippen molar-refractivity contribution in [2.24, 2.45) is 23.7 Å². The average Bonchev–Trinajstić information content (AvgIpc) is 2.67. The Labute approximate surface area is 174 Å². The average molecular weight is 417 g/mol. The molecule has 4 bridgehead atoms. The molecule has 6 heteroatoms. The molecule has 1 saturated heterocycles. The highest BCUT2D eigenvalue weighted by Gasteiger charge is 2.51. The summed E-state index contributed by atoms with van der Waals surface area (Å²) in [4.78, 5) is 12.7. The molecule has 5 aliphatic rings. The largest absolute Gasteiger partial charge is 0.326 e. The van der Waals surface area contributed by atoms with E-state index in [1.54, 1.807) is 0 Å². The van der Waals surface area contributed by atoms with E-state index in [-0.39, 0.29) is 11.8 Å². The molecule has 1 aromatic rings. The number of nitrogens with one attached hydrogen (secondary N) is 1. The number of benzene rings is 1. The molecule has 29 heavy (non-hydrogen) atoms. The van der Waals surface area contributed by atoms with Crippen LogP contribution in [0.3, 0.4) is 0 Å². The summed E-state index contributed by atoms with van der Waals surface area (Å²) in [5, 5.41) is 3.06. The van der Waals surface area contributed by atoms with E-state index in [2.05, 4.69) is 29.6 Å². The lowest BCUT2D eigenvalue weighted by Crippen LogP contribution is -2.48. The zero-order chi connectivity index (χ0) is 20.2. The molecule has 6 rings (SSSR count). The van der Waals surface area contributed by atoms with Crippen LogP contribution < -0.4 is 5.32 Å². The van der Waals surface area contributed by atoms with Crippen molar-refractivity contribution in [3.63, 3.8) is 0 Å². The molecular weight excluding hydrogens is 384 g/mol. The van der Waals surface area contributed by atoms with Crippen LogP contribution in [0.1, 0.15) is 56.9 Å². The van der Waals surface area contributed by atoms with Gasteiger partial charge < -0.3 is 5.32 Å². The minimum atomic E-state index is -3.16. The van der Waals surface area contributed by atoms with Crippen LogP contribution in [0.2, 0.25) is 0 Å². The minimum Gasteiger partial charge on any atom is -0.326 e. The molecule has 1 N–H and O–H groups in total. The van der Waals surface area contributed by atoms with Crippen LogP contribution in [0.15, 0.2) is 24.3 Å². The normalized spacial score (nSPS) is 35.0. The Kier molecular flexibility index (Phi) is 4.78. The van der Waals surface area contributed by atoms with Gasteiger partial charge in [-0.3, -0.25) is 4.79 Å². The Bertz CT molecular complexity index is 850. The van der Waals surface area contributed by atoms with Crippen LogP contribution in [0.4, 0.5) is 5.69 Å². The molecule has 0 radical (unpaired) electrons. The van der Waals surface area contributed by atoms with Crippen LogP contribution in [-0.4, -0.2) is 38.0 Å². The van der Waals surface area contributed by atoms with Crippen molar-refractivity contribution < 1.29 is 13.2 Å². The van der Waals surface area contributed by atoms with Crippen LogP contribution in [0, 0.1) is 23.7 Å². The highest BCUT2D eigenvalue weighted by atomic mass is 32.2. The monoisotopic (exact) mass is 416 g/mol. The number of rotatable bonds is 4. The van der Waals surface area contributed by atoms with E-state index < -0.39 is 10.0 Å². The zero-order valence-corrected chi connectivity index (χ0v) is 18.1. The lowest BCUT2D eigenvalue weighted by Gasteiger charge is -2.57. The topological polar surface area (TPSA) is 66.5 Å². The Morgan fingerprint density at radius 3 is 1.97 bits per heavy atom. The number of carbonyl (C=O) groups excluding carboxylic acids is 1. The van der Waals surface area contributed by atoms with Crippen molar-refractivity contribution in [3.05, 3.63) is 29.8 Å². The lowest BCUT2D eigenvalue weighted by atomic mass is 9.48. The van der Waals surface area contributed by atoms with Gasteiger partial charge in [-0.15, -0.1) is 0 Å². The molecule has 0 unspecified atom stereocenters. The van der Waals surface area contributed by atoms with Crippen molar-refractivity contribution >= 4 is 21.6 Å². The van der Waals surface area contributed by atoms with Crippen LogP contribution in [-0.2, 0) is 20.2 Å². The molecule has 5 fully saturated rings. The van der Waals surface area contributed by atoms with Gasteiger partial charge in [0.15, 0.2) is 0 Å². The van der Waals surface area contributed by atoms with Gasteiger partial charge in [-0.05, 0) is 92.2 Å². The predicted molar refractivity (Wildman–Crippen MR) is 114 cm³/mol. The molecule has 1 amide bonds. The first-order chi connectivity index (χ1) is 13.8. The molecule has 1 aliphatic heterocycles. The molecular formula is C23H32N2O3S. The van der Waals surface area contributed by atoms with Gasteiger partial charge in [-0.25, -0.2) is 12.7 Å². The molecule has 1 heterocycles. The number of piperidine rings is 1. The standard InChI is InChI=1S/C23H32N2O3S/c1-29(27,28)25-8-6-19(7-9-25)22(26)24-21-4-2-20(3-5-21)23-13-16-10-17(14-23)12-18(11-16)15-23/h2-5,16-19H,6-15H2,1H3,(H,24,26). The molecule has 0 spiro atoms. The van der Waals surface area contributed by atoms with Gasteiger partial charge >= 0.3 is 0 Å². The number of hydrogen-bond acceptors (Lipinski definition) is 3. The third-order valence-electron chi connectivity index (χ3n) is 8.10. The van der Waals surface area contributed by atoms with Crippen molar-refractivity contribution in [1.29, 1.82) is 0 Å². The molecule has 4 aliphatic carbocycles. The summed E-state index contributed by atoms with van der Waals surface area (Å²) in [5.74, 6) is 2.69. The fraction of sp³-hybridized carbons (Fsp3) is 0.696. The molecule has 5 nitrogen and oxygen atoms in total. The predicted octanol–water partition coefficient (Wildman–Crippen LogP) is 3.76. The van der Waals surface area contributed by atoms with Crippen molar-refractivity contribution in [1.82, 2.24) is 4.31 Å². The number of carbonyl (C=O) groups is 1. The molecule has 0 atom stereocenters. The van der Waals surface area contributed by atoms with E-state index in [4.69, 9.17) is 0 Å². The number of sulfonamides is 1. The second-order valence-electron chi connectivity index (χ2n) is 10.2. The number of hydrogen-bond donors (Lipinski definition) is 1. The summed E-state index contributed by atoms with van der Waals surface area (Å²) in [6.45, 7) is 0.865. The number of nitrogens with zero attached hydrogens (tertiary/aromatic N) is 1. The van der Waals surface area contributed by atoms with E-state index in [9.17, 15) is 13.2 Å². The Morgan fingerprint density at radius 2 is 1.48 bits per heavy atom. The van der Waals surface area contributed by atoms with Crippen molar-refractivity contribution in [2.75, 3.05) is 24.7 Å². The third kappa shape index (κ3) is 3.74. The molecule has 1 aromatic carbocycles. The van der Waals surface area contributed by atoms with Gasteiger partial charge in [-0.2, -0.15) is 0 Å². The first-order valence-corrected chi connectivity index (χ1v) is 13.0. The fourth-order valence-corrected chi connectivity index (χ4v) is 7.94. The lowest BCUT2D eigenvalue weighted by molar-refractivity contribution is -0.120. The van der Waals surface area contributed by atoms with Crippen molar-refractivity contribution in [2.45, 2.75) is 56.8 Å². The van der Waals surface area contributed by atoms with Crippen LogP contribution >= 0.6 is 0 Å². The second kappa shape index (κ2) is 7.09. The first-order valence-electron chi connectivity index (χ1n) is 11.2. The van der Waals surface area contributed by atoms with Crippen LogP contribution in [0.5, 0.6) is 0 Å². The maximum Gasteiger partial charge on any atom is 0.227 e. The Balaban J connectivity index is 1.22. The molecule has 0 aromatic heterocycles. The molecule has 158 valence electrons. The van der Waals surface area contributed by atoms with Gasteiger partial charge in [0.25, 0.3) is 0 Å². The zero-order valence-electron chi connectivity index (χ0n) is 17.3. The van der Waals surface area contributed by atoms with Crippen LogP contribution in [0.25, 0.3) is 0 Å². The van der Waals surface area contributed by atoms with E-state index in [0.29, 0.717) is 31.3 Å². The van der Waals surface area contributed by atoms with Crippen molar-refractivity contribution in [3.8, 4) is 0 Å². The minimum absolute atomic E-state index is 0.0145. The maximum absolute atomic E-state index is 12.7. The van der Waals surface area contributed by atoms with E-state index >= 15 is 0 Å². The first kappa shape index (κ1) is 19.6. The highest BCUT2D eigenvalue weighted by molar-refractivity contribution is 7.88. The summed E-state index contributed by atoms with van der Waals surface area (Å²) in [6, 6.07) is 8.62. The summed E-state index contributed by atoms with van der Waals surface area (Å²) in [5.41, 5.74) is 2.71. The smallest absolute Gasteiger partial charge is 0.227 e. The molecule has 4 saturated carbocycles. The second-order valence-corrected chi connectivity index (χ2v) is 12.2. The van der Waals surface area contributed by atoms with E-state index in [1.807, 2.05) is 0 Å². The highest BCUT2D eigenvalue weighted by Crippen LogP contribution is 2.60. The maximum atomic E-state index is 12.7.